The first-order valence-corrected chi connectivity index (χ1v) is 8.44. The maximum atomic E-state index is 12.4. The predicted molar refractivity (Wildman–Crippen MR) is 79.3 cm³/mol. The second kappa shape index (κ2) is 5.67. The van der Waals surface area contributed by atoms with E-state index in [1.54, 1.807) is 0 Å². The maximum Gasteiger partial charge on any atom is 0.243 e. The molecule has 0 radical (unpaired) electrons. The molecule has 18 heavy (non-hydrogen) atoms. The molecule has 0 N–H and O–H groups in total. The first kappa shape index (κ1) is 16.2. The quantitative estimate of drug-likeness (QED) is 0.752. The van der Waals surface area contributed by atoms with E-state index in [1.807, 2.05) is 13.8 Å². The summed E-state index contributed by atoms with van der Waals surface area (Å²) in [6.45, 7) is 3.65. The minimum absolute atomic E-state index is 0.0940. The van der Waals surface area contributed by atoms with E-state index in [1.165, 1.54) is 29.6 Å². The Hall–Kier alpha value is 0.190. The van der Waals surface area contributed by atoms with Gasteiger partial charge in [0, 0.05) is 28.0 Å². The Labute approximate surface area is 126 Å². The molecule has 0 aliphatic heterocycles. The number of sulfonamides is 1. The molecule has 102 valence electrons. The molecule has 0 aliphatic carbocycles. The highest BCUT2D eigenvalue weighted by atomic mass is 79.9. The third-order valence-electron chi connectivity index (χ3n) is 2.67. The number of halogens is 3. The minimum Gasteiger partial charge on any atom is -0.207 e. The summed E-state index contributed by atoms with van der Waals surface area (Å²) in [7, 11) is -2.09. The lowest BCUT2D eigenvalue weighted by atomic mass is 10.1. The Morgan fingerprint density at radius 3 is 2.06 bits per heavy atom. The monoisotopic (exact) mass is 373 g/mol. The number of nitrogens with zero attached hydrogens (tertiary/aromatic N) is 1. The van der Waals surface area contributed by atoms with Crippen LogP contribution in [0.1, 0.15) is 13.8 Å². The lowest BCUT2D eigenvalue weighted by Crippen LogP contribution is -2.46. The summed E-state index contributed by atoms with van der Waals surface area (Å²) in [4.78, 5) is 0.0940. The zero-order valence-electron chi connectivity index (χ0n) is 10.2. The van der Waals surface area contributed by atoms with Gasteiger partial charge in [0.2, 0.25) is 10.0 Å². The number of alkyl halides is 1. The summed E-state index contributed by atoms with van der Waals surface area (Å²) in [6, 6.07) is 4.28. The van der Waals surface area contributed by atoms with Crippen LogP contribution in [0, 0.1) is 0 Å². The summed E-state index contributed by atoms with van der Waals surface area (Å²) < 4.78 is 26.2. The van der Waals surface area contributed by atoms with Crippen LogP contribution < -0.4 is 0 Å². The van der Waals surface area contributed by atoms with Gasteiger partial charge in [0.05, 0.1) is 4.90 Å². The van der Waals surface area contributed by atoms with Gasteiger partial charge in [-0.05, 0) is 32.0 Å². The summed E-state index contributed by atoms with van der Waals surface area (Å²) in [5, 5.41) is 1.11. The largest absolute Gasteiger partial charge is 0.243 e. The zero-order chi connectivity index (χ0) is 14.1. The van der Waals surface area contributed by atoms with Gasteiger partial charge < -0.3 is 0 Å². The molecule has 0 unspecified atom stereocenters. The van der Waals surface area contributed by atoms with Gasteiger partial charge in [-0.25, -0.2) is 8.42 Å². The van der Waals surface area contributed by atoms with Crippen molar-refractivity contribution in [2.24, 2.45) is 0 Å². The smallest absolute Gasteiger partial charge is 0.207 e. The fourth-order valence-electron chi connectivity index (χ4n) is 1.25. The fourth-order valence-corrected chi connectivity index (χ4v) is 4.03. The van der Waals surface area contributed by atoms with E-state index in [9.17, 15) is 8.42 Å². The van der Waals surface area contributed by atoms with Crippen molar-refractivity contribution in [2.45, 2.75) is 24.3 Å². The van der Waals surface area contributed by atoms with Crippen LogP contribution in [0.15, 0.2) is 23.1 Å². The first-order chi connectivity index (χ1) is 8.11. The van der Waals surface area contributed by atoms with Gasteiger partial charge in [0.1, 0.15) is 0 Å². The Morgan fingerprint density at radius 2 is 1.67 bits per heavy atom. The molecule has 7 heteroatoms. The molecule has 1 aromatic rings. The summed E-state index contributed by atoms with van der Waals surface area (Å²) in [5.41, 5.74) is -0.548. The molecule has 1 aromatic carbocycles. The topological polar surface area (TPSA) is 37.4 Å². The molecule has 0 saturated heterocycles. The van der Waals surface area contributed by atoms with Crippen LogP contribution in [0.5, 0.6) is 0 Å². The van der Waals surface area contributed by atoms with E-state index in [-0.39, 0.29) is 4.90 Å². The average Bonchev–Trinajstić information content (AvgIpc) is 2.26. The predicted octanol–water partition coefficient (Wildman–Crippen LogP) is 3.79. The van der Waals surface area contributed by atoms with Crippen molar-refractivity contribution < 1.29 is 8.42 Å². The van der Waals surface area contributed by atoms with Crippen molar-refractivity contribution in [2.75, 3.05) is 12.4 Å². The average molecular weight is 375 g/mol. The second-order valence-corrected chi connectivity index (χ2v) is 7.93. The molecule has 0 spiro atoms. The molecule has 0 aliphatic rings. The van der Waals surface area contributed by atoms with Crippen molar-refractivity contribution in [1.29, 1.82) is 0 Å². The molecule has 0 amide bonds. The fraction of sp³-hybridized carbons (Fsp3) is 0.455. The van der Waals surface area contributed by atoms with Crippen molar-refractivity contribution >= 4 is 49.2 Å². The van der Waals surface area contributed by atoms with E-state index in [2.05, 4.69) is 15.9 Å². The molecule has 3 nitrogen and oxygen atoms in total. The van der Waals surface area contributed by atoms with Crippen LogP contribution in [0.2, 0.25) is 10.0 Å². The summed E-state index contributed by atoms with van der Waals surface area (Å²) in [6.07, 6.45) is 0. The standard InChI is InChI=1S/C11H14BrCl2NO2S/c1-11(2,7-12)15(3)18(16,17)10-5-8(13)4-9(14)6-10/h4-6H,7H2,1-3H3. The van der Waals surface area contributed by atoms with Crippen molar-refractivity contribution in [1.82, 2.24) is 4.31 Å². The Bertz CT molecular complexity index is 526. The van der Waals surface area contributed by atoms with Crippen LogP contribution >= 0.6 is 39.1 Å². The lowest BCUT2D eigenvalue weighted by Gasteiger charge is -2.33. The van der Waals surface area contributed by atoms with E-state index in [0.29, 0.717) is 15.4 Å². The molecule has 0 heterocycles. The minimum atomic E-state index is -3.62. The number of rotatable bonds is 4. The van der Waals surface area contributed by atoms with Crippen LogP contribution in [-0.4, -0.2) is 30.6 Å². The van der Waals surface area contributed by atoms with Gasteiger partial charge >= 0.3 is 0 Å². The second-order valence-electron chi connectivity index (χ2n) is 4.52. The maximum absolute atomic E-state index is 12.4. The van der Waals surface area contributed by atoms with E-state index >= 15 is 0 Å². The van der Waals surface area contributed by atoms with E-state index < -0.39 is 15.6 Å². The third kappa shape index (κ3) is 3.39. The van der Waals surface area contributed by atoms with Crippen molar-refractivity contribution in [3.05, 3.63) is 28.2 Å². The summed E-state index contributed by atoms with van der Waals surface area (Å²) >= 11 is 15.0. The molecular formula is C11H14BrCl2NO2S. The van der Waals surface area contributed by atoms with Crippen LogP contribution in [0.4, 0.5) is 0 Å². The van der Waals surface area contributed by atoms with Gasteiger partial charge in [0.25, 0.3) is 0 Å². The number of hydrogen-bond acceptors (Lipinski definition) is 2. The van der Waals surface area contributed by atoms with Crippen molar-refractivity contribution in [3.63, 3.8) is 0 Å². The first-order valence-electron chi connectivity index (χ1n) is 5.12. The Kier molecular flexibility index (Phi) is 5.12. The molecule has 0 saturated carbocycles. The van der Waals surface area contributed by atoms with E-state index in [0.717, 1.165) is 0 Å². The molecule has 1 rings (SSSR count). The third-order valence-corrected chi connectivity index (χ3v) is 6.53. The van der Waals surface area contributed by atoms with Gasteiger partial charge in [-0.3, -0.25) is 0 Å². The van der Waals surface area contributed by atoms with Gasteiger partial charge in [-0.1, -0.05) is 39.1 Å². The van der Waals surface area contributed by atoms with Gasteiger partial charge in [-0.15, -0.1) is 0 Å². The van der Waals surface area contributed by atoms with Crippen LogP contribution in [0.25, 0.3) is 0 Å². The van der Waals surface area contributed by atoms with Crippen LogP contribution in [0.3, 0.4) is 0 Å². The van der Waals surface area contributed by atoms with E-state index in [4.69, 9.17) is 23.2 Å². The molecule has 0 bridgehead atoms. The normalized spacial score (nSPS) is 13.1. The molecule has 0 fully saturated rings. The highest BCUT2D eigenvalue weighted by Crippen LogP contribution is 2.28. The highest BCUT2D eigenvalue weighted by Gasteiger charge is 2.33. The lowest BCUT2D eigenvalue weighted by molar-refractivity contribution is 0.299. The Balaban J connectivity index is 3.30. The van der Waals surface area contributed by atoms with Crippen LogP contribution in [-0.2, 0) is 10.0 Å². The highest BCUT2D eigenvalue weighted by molar-refractivity contribution is 9.09. The van der Waals surface area contributed by atoms with Gasteiger partial charge in [0.15, 0.2) is 0 Å². The molecular weight excluding hydrogens is 361 g/mol. The SMILES string of the molecule is CN(C(C)(C)CBr)S(=O)(=O)c1cc(Cl)cc(Cl)c1. The summed E-state index contributed by atoms with van der Waals surface area (Å²) in [5.74, 6) is 0. The number of hydrogen-bond donors (Lipinski definition) is 0. The van der Waals surface area contributed by atoms with Crippen molar-refractivity contribution in [3.8, 4) is 0 Å². The molecule has 0 atom stereocenters. The van der Waals surface area contributed by atoms with Gasteiger partial charge in [-0.2, -0.15) is 4.31 Å². The Morgan fingerprint density at radius 1 is 1.22 bits per heavy atom. The molecule has 0 aromatic heterocycles. The zero-order valence-corrected chi connectivity index (χ0v) is 14.2. The number of benzene rings is 1.